The van der Waals surface area contributed by atoms with Gasteiger partial charge in [-0.1, -0.05) is 60.7 Å². The SMILES string of the molecule is OC[C@]1(OCc2ccccc2)C[C@H]2CON(Cc3ccccc3)[C@H]2[C@@H]1O. The van der Waals surface area contributed by atoms with E-state index in [1.165, 1.54) is 0 Å². The summed E-state index contributed by atoms with van der Waals surface area (Å²) in [6, 6.07) is 19.7. The summed E-state index contributed by atoms with van der Waals surface area (Å²) in [5, 5.41) is 22.9. The molecule has 2 fully saturated rings. The van der Waals surface area contributed by atoms with E-state index in [0.29, 0.717) is 26.2 Å². The van der Waals surface area contributed by atoms with Gasteiger partial charge < -0.3 is 14.9 Å². The van der Waals surface area contributed by atoms with Crippen molar-refractivity contribution in [2.24, 2.45) is 5.92 Å². The standard InChI is InChI=1S/C21H25NO4/c23-15-21(25-13-17-9-5-2-6-10-17)11-18-14-26-22(19(18)20(21)24)12-16-7-3-1-4-8-16/h1-10,18-20,23-24H,11-15H2/t18-,19+,20-,21+/m0/s1. The zero-order valence-corrected chi connectivity index (χ0v) is 14.7. The van der Waals surface area contributed by atoms with Crippen LogP contribution in [-0.2, 0) is 22.7 Å². The number of aliphatic hydroxyl groups is 2. The lowest BCUT2D eigenvalue weighted by Gasteiger charge is -2.35. The molecular weight excluding hydrogens is 330 g/mol. The van der Waals surface area contributed by atoms with E-state index in [9.17, 15) is 10.2 Å². The third kappa shape index (κ3) is 3.29. The summed E-state index contributed by atoms with van der Waals surface area (Å²) >= 11 is 0. The molecule has 0 unspecified atom stereocenters. The molecule has 4 atom stereocenters. The Labute approximate surface area is 153 Å². The van der Waals surface area contributed by atoms with Gasteiger partial charge in [0.05, 0.1) is 25.9 Å². The lowest BCUT2D eigenvalue weighted by molar-refractivity contribution is -0.201. The summed E-state index contributed by atoms with van der Waals surface area (Å²) in [6.07, 6.45) is -0.208. The number of nitrogens with zero attached hydrogens (tertiary/aromatic N) is 1. The highest BCUT2D eigenvalue weighted by Gasteiger charge is 2.58. The van der Waals surface area contributed by atoms with Gasteiger partial charge in [-0.2, -0.15) is 5.06 Å². The first-order valence-electron chi connectivity index (χ1n) is 9.12. The predicted octanol–water partition coefficient (Wildman–Crippen LogP) is 2.13. The first-order valence-corrected chi connectivity index (χ1v) is 9.12. The van der Waals surface area contributed by atoms with Crippen LogP contribution in [0.1, 0.15) is 17.5 Å². The number of hydroxylamine groups is 2. The van der Waals surface area contributed by atoms with Crippen LogP contribution in [0.2, 0.25) is 0 Å². The van der Waals surface area contributed by atoms with Crippen molar-refractivity contribution < 1.29 is 19.8 Å². The summed E-state index contributed by atoms with van der Waals surface area (Å²) in [6.45, 7) is 1.33. The highest BCUT2D eigenvalue weighted by atomic mass is 16.7. The van der Waals surface area contributed by atoms with Crippen molar-refractivity contribution in [1.29, 1.82) is 0 Å². The van der Waals surface area contributed by atoms with Crippen LogP contribution in [0.4, 0.5) is 0 Å². The van der Waals surface area contributed by atoms with E-state index in [1.807, 2.05) is 65.7 Å². The molecule has 26 heavy (non-hydrogen) atoms. The summed E-state index contributed by atoms with van der Waals surface area (Å²) in [7, 11) is 0. The lowest BCUT2D eigenvalue weighted by Crippen LogP contribution is -2.51. The van der Waals surface area contributed by atoms with Crippen LogP contribution >= 0.6 is 0 Å². The predicted molar refractivity (Wildman–Crippen MR) is 96.9 cm³/mol. The van der Waals surface area contributed by atoms with E-state index < -0.39 is 11.7 Å². The number of ether oxygens (including phenoxy) is 1. The number of hydrogen-bond acceptors (Lipinski definition) is 5. The molecule has 1 heterocycles. The maximum atomic E-state index is 11.0. The average molecular weight is 355 g/mol. The van der Waals surface area contributed by atoms with Crippen LogP contribution in [0.5, 0.6) is 0 Å². The molecule has 1 aliphatic carbocycles. The van der Waals surface area contributed by atoms with Gasteiger partial charge in [-0.3, -0.25) is 4.84 Å². The van der Waals surface area contributed by atoms with E-state index in [2.05, 4.69) is 0 Å². The summed E-state index contributed by atoms with van der Waals surface area (Å²) in [5.41, 5.74) is 1.22. The van der Waals surface area contributed by atoms with Gasteiger partial charge >= 0.3 is 0 Å². The van der Waals surface area contributed by atoms with Crippen molar-refractivity contribution >= 4 is 0 Å². The molecule has 2 aromatic carbocycles. The molecule has 0 spiro atoms. The second kappa shape index (κ2) is 7.47. The molecular formula is C21H25NO4. The Bertz CT molecular complexity index is 710. The first-order chi connectivity index (χ1) is 12.7. The molecule has 2 N–H and O–H groups in total. The van der Waals surface area contributed by atoms with Gasteiger partial charge in [0.1, 0.15) is 11.7 Å². The highest BCUT2D eigenvalue weighted by Crippen LogP contribution is 2.44. The van der Waals surface area contributed by atoms with Crippen molar-refractivity contribution in [3.8, 4) is 0 Å². The Hall–Kier alpha value is -1.76. The van der Waals surface area contributed by atoms with Crippen LogP contribution in [0, 0.1) is 5.92 Å². The van der Waals surface area contributed by atoms with Crippen molar-refractivity contribution in [3.63, 3.8) is 0 Å². The average Bonchev–Trinajstić information content (AvgIpc) is 3.20. The second-order valence-corrected chi connectivity index (χ2v) is 7.25. The Morgan fingerprint density at radius 3 is 2.35 bits per heavy atom. The number of hydrogen-bond donors (Lipinski definition) is 2. The molecule has 0 bridgehead atoms. The first kappa shape index (κ1) is 17.6. The second-order valence-electron chi connectivity index (χ2n) is 7.25. The minimum atomic E-state index is -0.941. The topological polar surface area (TPSA) is 62.2 Å². The molecule has 138 valence electrons. The van der Waals surface area contributed by atoms with Crippen molar-refractivity contribution in [1.82, 2.24) is 5.06 Å². The molecule has 0 aromatic heterocycles. The molecule has 0 radical (unpaired) electrons. The monoisotopic (exact) mass is 355 g/mol. The van der Waals surface area contributed by atoms with Crippen molar-refractivity contribution in [3.05, 3.63) is 71.8 Å². The quantitative estimate of drug-likeness (QED) is 0.831. The third-order valence-corrected chi connectivity index (χ3v) is 5.56. The van der Waals surface area contributed by atoms with Crippen molar-refractivity contribution in [2.45, 2.75) is 37.3 Å². The van der Waals surface area contributed by atoms with Gasteiger partial charge in [-0.05, 0) is 17.5 Å². The number of aliphatic hydroxyl groups excluding tert-OH is 2. The fourth-order valence-corrected chi connectivity index (χ4v) is 4.15. The van der Waals surface area contributed by atoms with Crippen LogP contribution < -0.4 is 0 Å². The molecule has 2 aromatic rings. The largest absolute Gasteiger partial charge is 0.393 e. The Morgan fingerprint density at radius 1 is 1.04 bits per heavy atom. The Kier molecular flexibility index (Phi) is 5.07. The third-order valence-electron chi connectivity index (χ3n) is 5.56. The zero-order valence-electron chi connectivity index (χ0n) is 14.7. The van der Waals surface area contributed by atoms with E-state index in [-0.39, 0.29) is 18.6 Å². The van der Waals surface area contributed by atoms with Gasteiger partial charge in [-0.15, -0.1) is 0 Å². The maximum Gasteiger partial charge on any atom is 0.119 e. The van der Waals surface area contributed by atoms with Crippen LogP contribution in [0.15, 0.2) is 60.7 Å². The summed E-state index contributed by atoms with van der Waals surface area (Å²) < 4.78 is 6.09. The molecule has 2 aliphatic rings. The molecule has 1 saturated heterocycles. The molecule has 4 rings (SSSR count). The van der Waals surface area contributed by atoms with Crippen LogP contribution in [0.3, 0.4) is 0 Å². The summed E-state index contributed by atoms with van der Waals surface area (Å²) in [5.74, 6) is 0.150. The lowest BCUT2D eigenvalue weighted by atomic mass is 9.99. The minimum absolute atomic E-state index is 0.150. The van der Waals surface area contributed by atoms with E-state index in [1.54, 1.807) is 0 Å². The van der Waals surface area contributed by atoms with Gasteiger partial charge in [0, 0.05) is 12.5 Å². The molecule has 5 nitrogen and oxygen atoms in total. The zero-order chi connectivity index (χ0) is 18.0. The van der Waals surface area contributed by atoms with Gasteiger partial charge in [0.2, 0.25) is 0 Å². The number of benzene rings is 2. The Balaban J connectivity index is 1.47. The van der Waals surface area contributed by atoms with Crippen molar-refractivity contribution in [2.75, 3.05) is 13.2 Å². The van der Waals surface area contributed by atoms with E-state index in [4.69, 9.17) is 9.57 Å². The van der Waals surface area contributed by atoms with Gasteiger partial charge in [-0.25, -0.2) is 0 Å². The van der Waals surface area contributed by atoms with E-state index >= 15 is 0 Å². The fraction of sp³-hybridized carbons (Fsp3) is 0.429. The van der Waals surface area contributed by atoms with Gasteiger partial charge in [0.15, 0.2) is 0 Å². The minimum Gasteiger partial charge on any atom is -0.393 e. The Morgan fingerprint density at radius 2 is 1.69 bits per heavy atom. The normalized spacial score (nSPS) is 31.2. The fourth-order valence-electron chi connectivity index (χ4n) is 4.15. The van der Waals surface area contributed by atoms with E-state index in [0.717, 1.165) is 11.1 Å². The number of rotatable bonds is 6. The van der Waals surface area contributed by atoms with Crippen LogP contribution in [-0.4, -0.2) is 46.2 Å². The molecule has 1 aliphatic heterocycles. The highest BCUT2D eigenvalue weighted by molar-refractivity contribution is 5.17. The molecule has 5 heteroatoms. The van der Waals surface area contributed by atoms with Gasteiger partial charge in [0.25, 0.3) is 0 Å². The molecule has 0 amide bonds. The number of fused-ring (bicyclic) bond motifs is 1. The maximum absolute atomic E-state index is 11.0. The van der Waals surface area contributed by atoms with Crippen LogP contribution in [0.25, 0.3) is 0 Å². The summed E-state index contributed by atoms with van der Waals surface area (Å²) in [4.78, 5) is 5.83. The molecule has 1 saturated carbocycles. The smallest absolute Gasteiger partial charge is 0.119 e.